The van der Waals surface area contributed by atoms with Crippen LogP contribution in [0.2, 0.25) is 0 Å². The zero-order valence-electron chi connectivity index (χ0n) is 18.8. The van der Waals surface area contributed by atoms with Gasteiger partial charge < -0.3 is 14.2 Å². The number of hydrogen-bond donors (Lipinski definition) is 0. The van der Waals surface area contributed by atoms with E-state index in [2.05, 4.69) is 13.8 Å². The van der Waals surface area contributed by atoms with E-state index in [1.165, 1.54) is 0 Å². The minimum absolute atomic E-state index is 0.0465. The number of benzene rings is 2. The standard InChI is InChI=1S/C26H30O6/c1-15-11-12-21-16(2)23(28-22(27)19-10-6-8-17-7-4-5-9-18(17)19)29-24-26(21)20(15)13-14-25(3,30-24)31-32-26/h4-10,15-16,20-21,23-24H,11-14H2,1-3H3/t15-,16-,20+,21+,23+,24-,25+,26-/m1/s1. The molecule has 0 aromatic heterocycles. The summed E-state index contributed by atoms with van der Waals surface area (Å²) in [6.45, 7) is 6.27. The lowest BCUT2D eigenvalue weighted by molar-refractivity contribution is -0.576. The maximum absolute atomic E-state index is 13.2. The van der Waals surface area contributed by atoms with Crippen LogP contribution in [-0.4, -0.2) is 29.9 Å². The molecule has 0 amide bonds. The summed E-state index contributed by atoms with van der Waals surface area (Å²) in [5, 5.41) is 1.88. The Balaban J connectivity index is 1.32. The summed E-state index contributed by atoms with van der Waals surface area (Å²) in [6, 6.07) is 13.5. The Labute approximate surface area is 188 Å². The Morgan fingerprint density at radius 3 is 2.69 bits per heavy atom. The van der Waals surface area contributed by atoms with E-state index in [-0.39, 0.29) is 23.7 Å². The molecule has 1 saturated carbocycles. The molecule has 4 aliphatic heterocycles. The Kier molecular flexibility index (Phi) is 4.67. The zero-order chi connectivity index (χ0) is 22.1. The molecule has 1 spiro atoms. The van der Waals surface area contributed by atoms with Crippen LogP contribution in [-0.2, 0) is 24.0 Å². The number of ether oxygens (including phenoxy) is 3. The van der Waals surface area contributed by atoms with E-state index in [1.807, 2.05) is 43.3 Å². The van der Waals surface area contributed by atoms with Gasteiger partial charge in [-0.1, -0.05) is 50.2 Å². The van der Waals surface area contributed by atoms with Gasteiger partial charge in [0.25, 0.3) is 0 Å². The highest BCUT2D eigenvalue weighted by Crippen LogP contribution is 2.60. The topological polar surface area (TPSA) is 63.2 Å². The molecule has 170 valence electrons. The molecule has 2 aromatic rings. The van der Waals surface area contributed by atoms with Crippen LogP contribution in [0.15, 0.2) is 42.5 Å². The maximum Gasteiger partial charge on any atom is 0.341 e. The Hall–Kier alpha value is -1.99. The molecule has 6 heteroatoms. The Bertz CT molecular complexity index is 1050. The van der Waals surface area contributed by atoms with Gasteiger partial charge in [0.2, 0.25) is 12.1 Å². The Morgan fingerprint density at radius 2 is 1.81 bits per heavy atom. The number of rotatable bonds is 2. The van der Waals surface area contributed by atoms with Crippen molar-refractivity contribution >= 4 is 16.7 Å². The van der Waals surface area contributed by atoms with Crippen molar-refractivity contribution < 1.29 is 28.8 Å². The molecule has 2 aromatic carbocycles. The van der Waals surface area contributed by atoms with Crippen LogP contribution in [0.4, 0.5) is 0 Å². The van der Waals surface area contributed by atoms with Crippen molar-refractivity contribution in [3.63, 3.8) is 0 Å². The molecule has 8 atom stereocenters. The van der Waals surface area contributed by atoms with E-state index in [9.17, 15) is 4.79 Å². The minimum atomic E-state index is -0.845. The number of fused-ring (bicyclic) bond motifs is 3. The molecule has 7 rings (SSSR count). The van der Waals surface area contributed by atoms with E-state index in [1.54, 1.807) is 6.07 Å². The molecule has 6 nitrogen and oxygen atoms in total. The second-order valence-corrected chi connectivity index (χ2v) is 10.2. The number of carbonyl (C=O) groups excluding carboxylic acids is 1. The fourth-order valence-electron chi connectivity index (χ4n) is 6.58. The third-order valence-corrected chi connectivity index (χ3v) is 8.33. The molecule has 0 unspecified atom stereocenters. The average Bonchev–Trinajstić information content (AvgIpc) is 3.02. The first-order chi connectivity index (χ1) is 15.4. The van der Waals surface area contributed by atoms with Gasteiger partial charge in [-0.15, -0.1) is 0 Å². The first-order valence-electron chi connectivity index (χ1n) is 11.8. The number of hydrogen-bond acceptors (Lipinski definition) is 6. The normalized spacial score (nSPS) is 42.8. The van der Waals surface area contributed by atoms with Crippen LogP contribution in [0.1, 0.15) is 56.8 Å². The van der Waals surface area contributed by atoms with Crippen molar-refractivity contribution in [1.29, 1.82) is 0 Å². The summed E-state index contributed by atoms with van der Waals surface area (Å²) in [4.78, 5) is 25.3. The van der Waals surface area contributed by atoms with Crippen LogP contribution in [0.25, 0.3) is 10.8 Å². The van der Waals surface area contributed by atoms with E-state index >= 15 is 0 Å². The van der Waals surface area contributed by atoms with Gasteiger partial charge in [0.1, 0.15) is 0 Å². The van der Waals surface area contributed by atoms with Crippen molar-refractivity contribution in [2.45, 2.75) is 70.4 Å². The summed E-state index contributed by atoms with van der Waals surface area (Å²) >= 11 is 0. The number of esters is 1. The smallest absolute Gasteiger partial charge is 0.341 e. The van der Waals surface area contributed by atoms with Gasteiger partial charge in [-0.3, -0.25) is 0 Å². The molecule has 1 aliphatic carbocycles. The van der Waals surface area contributed by atoms with Crippen molar-refractivity contribution in [2.24, 2.45) is 23.7 Å². The van der Waals surface area contributed by atoms with Crippen molar-refractivity contribution in [3.05, 3.63) is 48.0 Å². The van der Waals surface area contributed by atoms with Crippen LogP contribution in [0.5, 0.6) is 0 Å². The molecular formula is C26H30O6. The van der Waals surface area contributed by atoms with Gasteiger partial charge >= 0.3 is 5.97 Å². The highest BCUT2D eigenvalue weighted by Gasteiger charge is 2.69. The van der Waals surface area contributed by atoms with E-state index in [0.717, 1.165) is 36.5 Å². The first-order valence-corrected chi connectivity index (χ1v) is 11.8. The van der Waals surface area contributed by atoms with Crippen molar-refractivity contribution in [2.75, 3.05) is 0 Å². The zero-order valence-corrected chi connectivity index (χ0v) is 18.8. The van der Waals surface area contributed by atoms with Gasteiger partial charge in [-0.05, 0) is 54.9 Å². The van der Waals surface area contributed by atoms with Crippen LogP contribution >= 0.6 is 0 Å². The van der Waals surface area contributed by atoms with Gasteiger partial charge in [-0.2, -0.15) is 0 Å². The second-order valence-electron chi connectivity index (χ2n) is 10.2. The maximum atomic E-state index is 13.2. The molecule has 32 heavy (non-hydrogen) atoms. The first kappa shape index (κ1) is 20.6. The molecule has 5 fully saturated rings. The van der Waals surface area contributed by atoms with Crippen LogP contribution in [0.3, 0.4) is 0 Å². The predicted molar refractivity (Wildman–Crippen MR) is 116 cm³/mol. The van der Waals surface area contributed by atoms with Gasteiger partial charge in [0, 0.05) is 18.3 Å². The summed E-state index contributed by atoms with van der Waals surface area (Å²) in [5.41, 5.74) is -0.112. The lowest BCUT2D eigenvalue weighted by Gasteiger charge is -2.59. The molecular weight excluding hydrogens is 408 g/mol. The fraction of sp³-hybridized carbons (Fsp3) is 0.577. The van der Waals surface area contributed by atoms with E-state index < -0.39 is 24.0 Å². The molecule has 5 aliphatic rings. The molecule has 0 N–H and O–H groups in total. The molecule has 2 bridgehead atoms. The third kappa shape index (κ3) is 2.90. The lowest BCUT2D eigenvalue weighted by Crippen LogP contribution is -2.70. The van der Waals surface area contributed by atoms with E-state index in [4.69, 9.17) is 24.0 Å². The highest BCUT2D eigenvalue weighted by atomic mass is 17.3. The molecule has 0 radical (unpaired) electrons. The fourth-order valence-corrected chi connectivity index (χ4v) is 6.58. The quantitative estimate of drug-likeness (QED) is 0.474. The van der Waals surface area contributed by atoms with Crippen LogP contribution in [0, 0.1) is 23.7 Å². The average molecular weight is 439 g/mol. The SMILES string of the molecule is C[C@H]1[C@@H](OC(=O)c2cccc3ccccc23)O[C@@H]2O[C@]3(C)CC[C@H]4[C@H](C)CC[C@@H]1[C@@]24OO3. The highest BCUT2D eigenvalue weighted by molar-refractivity contribution is 6.04. The third-order valence-electron chi connectivity index (χ3n) is 8.33. The van der Waals surface area contributed by atoms with Gasteiger partial charge in [0.05, 0.1) is 5.56 Å². The van der Waals surface area contributed by atoms with E-state index in [0.29, 0.717) is 11.5 Å². The summed E-state index contributed by atoms with van der Waals surface area (Å²) in [5.74, 6) is -0.370. The van der Waals surface area contributed by atoms with Crippen molar-refractivity contribution in [3.8, 4) is 0 Å². The number of carbonyl (C=O) groups is 1. The predicted octanol–water partition coefficient (Wildman–Crippen LogP) is 5.20. The second kappa shape index (κ2) is 7.26. The molecule has 4 saturated heterocycles. The molecule has 4 heterocycles. The van der Waals surface area contributed by atoms with Gasteiger partial charge in [0.15, 0.2) is 11.9 Å². The van der Waals surface area contributed by atoms with Crippen LogP contribution < -0.4 is 0 Å². The van der Waals surface area contributed by atoms with Gasteiger partial charge in [-0.25, -0.2) is 14.6 Å². The summed E-state index contributed by atoms with van der Waals surface area (Å²) in [6.07, 6.45) is 2.47. The minimum Gasteiger partial charge on any atom is -0.432 e. The Morgan fingerprint density at radius 1 is 1.00 bits per heavy atom. The summed E-state index contributed by atoms with van der Waals surface area (Å²) < 4.78 is 18.7. The lowest BCUT2D eigenvalue weighted by atomic mass is 9.58. The largest absolute Gasteiger partial charge is 0.432 e. The summed E-state index contributed by atoms with van der Waals surface area (Å²) in [7, 11) is 0. The monoisotopic (exact) mass is 438 g/mol. The van der Waals surface area contributed by atoms with Crippen molar-refractivity contribution in [1.82, 2.24) is 0 Å².